The number of nitrogens with two attached hydrogens (primary N) is 1. The molecule has 0 heterocycles. The molecule has 0 saturated heterocycles. The van der Waals surface area contributed by atoms with Crippen molar-refractivity contribution in [3.8, 4) is 0 Å². The summed E-state index contributed by atoms with van der Waals surface area (Å²) in [5, 5.41) is 7.82. The van der Waals surface area contributed by atoms with E-state index in [2.05, 4.69) is 0 Å². The van der Waals surface area contributed by atoms with Crippen molar-refractivity contribution in [3.05, 3.63) is 34.6 Å². The quantitative estimate of drug-likeness (QED) is 0.750. The Morgan fingerprint density at radius 1 is 1.56 bits per heavy atom. The summed E-state index contributed by atoms with van der Waals surface area (Å²) in [6.45, 7) is 0.529. The van der Waals surface area contributed by atoms with E-state index in [0.29, 0.717) is 31.6 Å². The summed E-state index contributed by atoms with van der Waals surface area (Å²) in [5.74, 6) is -0.434. The number of hydrogen-bond acceptors (Lipinski definition) is 3. The van der Waals surface area contributed by atoms with Crippen molar-refractivity contribution < 1.29 is 9.13 Å². The van der Waals surface area contributed by atoms with Crippen LogP contribution >= 0.6 is 11.6 Å². The Morgan fingerprint density at radius 3 is 2.89 bits per heavy atom. The van der Waals surface area contributed by atoms with Crippen LogP contribution in [0.4, 0.5) is 4.39 Å². The van der Waals surface area contributed by atoms with Crippen molar-refractivity contribution in [2.75, 3.05) is 13.7 Å². The molecule has 1 aromatic carbocycles. The molecule has 0 amide bonds. The maximum Gasteiger partial charge on any atom is 0.142 e. The third-order valence-electron chi connectivity index (χ3n) is 2.60. The highest BCUT2D eigenvalue weighted by Gasteiger charge is 2.09. The number of ether oxygens (including phenoxy) is 1. The number of benzene rings is 1. The molecular weight excluding hydrogens is 255 g/mol. The molecule has 0 saturated carbocycles. The van der Waals surface area contributed by atoms with Crippen molar-refractivity contribution in [1.82, 2.24) is 0 Å². The first-order valence-corrected chi connectivity index (χ1v) is 6.15. The minimum absolute atomic E-state index is 0.111. The Hall–Kier alpha value is -0.970. The Balaban J connectivity index is 2.46. The molecule has 3 nitrogen and oxygen atoms in total. The molecule has 0 aliphatic heterocycles. The highest BCUT2D eigenvalue weighted by Crippen LogP contribution is 2.16. The van der Waals surface area contributed by atoms with Crippen molar-refractivity contribution in [3.63, 3.8) is 0 Å². The van der Waals surface area contributed by atoms with Gasteiger partial charge in [0.25, 0.3) is 0 Å². The molecule has 0 spiro atoms. The van der Waals surface area contributed by atoms with E-state index < -0.39 is 5.82 Å². The van der Waals surface area contributed by atoms with Gasteiger partial charge in [-0.3, -0.25) is 0 Å². The number of hydrogen-bond donors (Lipinski definition) is 2. The average molecular weight is 273 g/mol. The predicted octanol–water partition coefficient (Wildman–Crippen LogP) is 2.80. The lowest BCUT2D eigenvalue weighted by molar-refractivity contribution is 0.207. The smallest absolute Gasteiger partial charge is 0.142 e. The molecule has 5 heteroatoms. The molecule has 0 aliphatic rings. The Kier molecular flexibility index (Phi) is 6.25. The van der Waals surface area contributed by atoms with Crippen LogP contribution < -0.4 is 5.73 Å². The molecular formula is C13H18ClFN2O. The normalized spacial score (nSPS) is 12.4. The van der Waals surface area contributed by atoms with Crippen LogP contribution in [0.15, 0.2) is 18.2 Å². The molecule has 1 aromatic rings. The summed E-state index contributed by atoms with van der Waals surface area (Å²) < 4.78 is 18.1. The van der Waals surface area contributed by atoms with Gasteiger partial charge in [0.05, 0.1) is 11.6 Å². The third kappa shape index (κ3) is 5.12. The zero-order valence-corrected chi connectivity index (χ0v) is 11.1. The largest absolute Gasteiger partial charge is 0.384 e. The first-order chi connectivity index (χ1) is 8.52. The lowest BCUT2D eigenvalue weighted by atomic mass is 10.0. The van der Waals surface area contributed by atoms with Gasteiger partial charge in [0, 0.05) is 31.7 Å². The van der Waals surface area contributed by atoms with Gasteiger partial charge in [0.1, 0.15) is 5.82 Å². The van der Waals surface area contributed by atoms with E-state index in [9.17, 15) is 4.39 Å². The molecule has 0 bridgehead atoms. The molecule has 1 atom stereocenters. The molecule has 100 valence electrons. The van der Waals surface area contributed by atoms with E-state index in [1.54, 1.807) is 13.2 Å². The number of rotatable bonds is 7. The molecule has 1 unspecified atom stereocenters. The van der Waals surface area contributed by atoms with Crippen LogP contribution in [0.1, 0.15) is 18.4 Å². The molecule has 0 aromatic heterocycles. The van der Waals surface area contributed by atoms with Crippen LogP contribution in [-0.2, 0) is 11.2 Å². The van der Waals surface area contributed by atoms with Crippen molar-refractivity contribution >= 4 is 17.3 Å². The first kappa shape index (κ1) is 15.1. The summed E-state index contributed by atoms with van der Waals surface area (Å²) in [4.78, 5) is 0. The second-order valence-electron chi connectivity index (χ2n) is 4.26. The molecule has 0 fully saturated rings. The number of halogens is 2. The fourth-order valence-electron chi connectivity index (χ4n) is 1.69. The Bertz CT molecular complexity index is 412. The number of nitrogens with one attached hydrogen (secondary N) is 1. The Labute approximate surface area is 112 Å². The van der Waals surface area contributed by atoms with Gasteiger partial charge in [-0.2, -0.15) is 0 Å². The first-order valence-electron chi connectivity index (χ1n) is 5.77. The molecule has 0 radical (unpaired) electrons. The third-order valence-corrected chi connectivity index (χ3v) is 2.90. The van der Waals surface area contributed by atoms with E-state index in [0.717, 1.165) is 5.56 Å². The van der Waals surface area contributed by atoms with Gasteiger partial charge in [-0.15, -0.1) is 0 Å². The van der Waals surface area contributed by atoms with Crippen molar-refractivity contribution in [1.29, 1.82) is 5.41 Å². The second kappa shape index (κ2) is 7.46. The fourth-order valence-corrected chi connectivity index (χ4v) is 1.80. The van der Waals surface area contributed by atoms with Crippen LogP contribution in [0.3, 0.4) is 0 Å². The monoisotopic (exact) mass is 272 g/mol. The highest BCUT2D eigenvalue weighted by molar-refractivity contribution is 6.30. The summed E-state index contributed by atoms with van der Waals surface area (Å²) in [7, 11) is 1.60. The summed E-state index contributed by atoms with van der Waals surface area (Å²) in [6.07, 6.45) is 1.61. The van der Waals surface area contributed by atoms with Gasteiger partial charge >= 0.3 is 0 Å². The van der Waals surface area contributed by atoms with Crippen LogP contribution in [0, 0.1) is 11.2 Å². The van der Waals surface area contributed by atoms with Gasteiger partial charge < -0.3 is 15.9 Å². The SMILES string of the molecule is COCCC(=N)CC(N)Cc1ccc(Cl)c(F)c1. The fraction of sp³-hybridized carbons (Fsp3) is 0.462. The summed E-state index contributed by atoms with van der Waals surface area (Å²) in [6, 6.07) is 4.48. The zero-order valence-electron chi connectivity index (χ0n) is 10.4. The van der Waals surface area contributed by atoms with E-state index in [1.165, 1.54) is 12.1 Å². The lowest BCUT2D eigenvalue weighted by Crippen LogP contribution is -2.26. The minimum Gasteiger partial charge on any atom is -0.384 e. The van der Waals surface area contributed by atoms with Gasteiger partial charge in [-0.05, 0) is 24.1 Å². The summed E-state index contributed by atoms with van der Waals surface area (Å²) in [5.41, 5.74) is 7.28. The van der Waals surface area contributed by atoms with Gasteiger partial charge in [-0.25, -0.2) is 4.39 Å². The maximum atomic E-state index is 13.2. The number of methoxy groups -OCH3 is 1. The molecule has 3 N–H and O–H groups in total. The van der Waals surface area contributed by atoms with Gasteiger partial charge in [-0.1, -0.05) is 17.7 Å². The second-order valence-corrected chi connectivity index (χ2v) is 4.67. The van der Waals surface area contributed by atoms with Crippen LogP contribution in [-0.4, -0.2) is 25.5 Å². The maximum absolute atomic E-state index is 13.2. The van der Waals surface area contributed by atoms with Gasteiger partial charge in [0.15, 0.2) is 0 Å². The average Bonchev–Trinajstić information content (AvgIpc) is 2.31. The summed E-state index contributed by atoms with van der Waals surface area (Å²) >= 11 is 5.60. The molecule has 1 rings (SSSR count). The van der Waals surface area contributed by atoms with E-state index in [4.69, 9.17) is 27.5 Å². The van der Waals surface area contributed by atoms with Crippen LogP contribution in [0.2, 0.25) is 5.02 Å². The lowest BCUT2D eigenvalue weighted by Gasteiger charge is -2.12. The van der Waals surface area contributed by atoms with Gasteiger partial charge in [0.2, 0.25) is 0 Å². The predicted molar refractivity (Wildman–Crippen MR) is 71.9 cm³/mol. The zero-order chi connectivity index (χ0) is 13.5. The van der Waals surface area contributed by atoms with E-state index in [-0.39, 0.29) is 11.1 Å². The van der Waals surface area contributed by atoms with E-state index in [1.807, 2.05) is 0 Å². The topological polar surface area (TPSA) is 59.1 Å². The highest BCUT2D eigenvalue weighted by atomic mass is 35.5. The van der Waals surface area contributed by atoms with Crippen molar-refractivity contribution in [2.24, 2.45) is 5.73 Å². The van der Waals surface area contributed by atoms with Crippen molar-refractivity contribution in [2.45, 2.75) is 25.3 Å². The van der Waals surface area contributed by atoms with Crippen LogP contribution in [0.25, 0.3) is 0 Å². The molecule has 0 aliphatic carbocycles. The van der Waals surface area contributed by atoms with E-state index >= 15 is 0 Å². The standard InChI is InChI=1S/C13H18ClFN2O/c1-18-5-4-10(16)8-11(17)6-9-2-3-12(14)13(15)7-9/h2-3,7,11,16H,4-6,8,17H2,1H3. The molecule has 18 heavy (non-hydrogen) atoms. The minimum atomic E-state index is -0.434. The van der Waals surface area contributed by atoms with Crippen LogP contribution in [0.5, 0.6) is 0 Å². The Morgan fingerprint density at radius 2 is 2.28 bits per heavy atom.